The average Bonchev–Trinajstić information content (AvgIpc) is 2.05. The van der Waals surface area contributed by atoms with Gasteiger partial charge in [0, 0.05) is 10.4 Å². The van der Waals surface area contributed by atoms with Crippen LogP contribution in [0, 0.1) is 0 Å². The largest absolute Gasteiger partial charge is 0.759 e. The summed E-state index contributed by atoms with van der Waals surface area (Å²) in [5, 5.41) is 4.61. The van der Waals surface area contributed by atoms with Gasteiger partial charge in [-0.25, -0.2) is 13.4 Å². The zero-order chi connectivity index (χ0) is 13.7. The van der Waals surface area contributed by atoms with Gasteiger partial charge < -0.3 is 20.6 Å². The molecule has 0 aromatic heterocycles. The lowest BCUT2D eigenvalue weighted by atomic mass is 10.6. The van der Waals surface area contributed by atoms with Crippen LogP contribution in [0.25, 0.3) is 0 Å². The number of nitrogens with two attached hydrogens (primary N) is 2. The fourth-order valence-electron chi connectivity index (χ4n) is 1.07. The molecule has 0 amide bonds. The van der Waals surface area contributed by atoms with E-state index in [1.807, 2.05) is 0 Å². The zero-order valence-corrected chi connectivity index (χ0v) is 10.3. The van der Waals surface area contributed by atoms with E-state index in [9.17, 15) is 8.42 Å². The summed E-state index contributed by atoms with van der Waals surface area (Å²) in [5.74, 6) is 0.336. The molecule has 1 heterocycles. The summed E-state index contributed by atoms with van der Waals surface area (Å²) in [6.07, 6.45) is 0. The van der Waals surface area contributed by atoms with Gasteiger partial charge in [-0.2, -0.15) is 0 Å². The van der Waals surface area contributed by atoms with Crippen molar-refractivity contribution in [2.24, 2.45) is 16.6 Å². The Morgan fingerprint density at radius 2 is 1.53 bits per heavy atom. The first kappa shape index (κ1) is 16.1. The summed E-state index contributed by atoms with van der Waals surface area (Å²) in [5.41, 5.74) is 10.3. The van der Waals surface area contributed by atoms with Crippen LogP contribution in [0.5, 0.6) is 0 Å². The van der Waals surface area contributed by atoms with E-state index < -0.39 is 20.2 Å². The predicted octanol–water partition coefficient (Wildman–Crippen LogP) is -4.85. The van der Waals surface area contributed by atoms with Crippen LogP contribution in [0.3, 0.4) is 0 Å². The topological polar surface area (TPSA) is 183 Å². The first-order chi connectivity index (χ1) is 7.49. The second-order valence-corrected chi connectivity index (χ2v) is 6.28. The van der Waals surface area contributed by atoms with Gasteiger partial charge in [-0.1, -0.05) is 0 Å². The van der Waals surface area contributed by atoms with Crippen LogP contribution in [-0.4, -0.2) is 56.5 Å². The molecule has 1 saturated heterocycles. The molecule has 5 N–H and O–H groups in total. The Kier molecular flexibility index (Phi) is 5.77. The van der Waals surface area contributed by atoms with E-state index in [0.29, 0.717) is 13.1 Å². The van der Waals surface area contributed by atoms with E-state index in [1.165, 1.54) is 0 Å². The first-order valence-electron chi connectivity index (χ1n) is 4.31. The third-order valence-corrected chi connectivity index (χ3v) is 3.34. The van der Waals surface area contributed by atoms with Gasteiger partial charge in [-0.05, 0) is 5.10 Å². The van der Waals surface area contributed by atoms with Gasteiger partial charge in [0.1, 0.15) is 24.6 Å². The minimum Gasteiger partial charge on any atom is -0.759 e. The minimum absolute atomic E-state index is 0.00398. The number of sulfone groups is 1. The van der Waals surface area contributed by atoms with Crippen molar-refractivity contribution in [3.8, 4) is 0 Å². The third-order valence-electron chi connectivity index (χ3n) is 1.69. The van der Waals surface area contributed by atoms with Gasteiger partial charge in [-0.3, -0.25) is 8.42 Å². The van der Waals surface area contributed by atoms with Crippen LogP contribution in [0.2, 0.25) is 0 Å². The summed E-state index contributed by atoms with van der Waals surface area (Å²) < 4.78 is 56.0. The van der Waals surface area contributed by atoms with Crippen LogP contribution in [0.1, 0.15) is 0 Å². The molecule has 1 fully saturated rings. The molecule has 10 nitrogen and oxygen atoms in total. The van der Waals surface area contributed by atoms with Gasteiger partial charge in [-0.15, -0.1) is 0 Å². The Bertz CT molecular complexity index is 443. The molecule has 12 heteroatoms. The van der Waals surface area contributed by atoms with E-state index in [2.05, 4.69) is 5.10 Å². The number of hydrogen-bond acceptors (Lipinski definition) is 7. The number of guanidine groups is 1. The van der Waals surface area contributed by atoms with Crippen molar-refractivity contribution in [1.29, 1.82) is 0 Å². The molecular formula is C5H13N4O6S2-. The number of quaternary nitrogens is 1. The van der Waals surface area contributed by atoms with Crippen LogP contribution in [0.4, 0.5) is 0 Å². The summed E-state index contributed by atoms with van der Waals surface area (Å²) in [6, 6.07) is 0. The van der Waals surface area contributed by atoms with Gasteiger partial charge in [0.05, 0.1) is 0 Å². The van der Waals surface area contributed by atoms with E-state index >= 15 is 0 Å². The summed E-state index contributed by atoms with van der Waals surface area (Å²) in [4.78, 5) is 0. The standard InChI is InChI=1S/C5H12N4O2S.H2O4S/c6-5(7)8-9-1-3-12(10,11)4-2-9;1-5(2,3)4/h1-4H2,(H4,6,7,8);(H2,1,2,3,4)/p-1. The van der Waals surface area contributed by atoms with Crippen molar-refractivity contribution in [3.05, 3.63) is 0 Å². The number of nitrogens with zero attached hydrogens (tertiary/aromatic N) is 1. The quantitative estimate of drug-likeness (QED) is 0.186. The van der Waals surface area contributed by atoms with Crippen molar-refractivity contribution in [2.75, 3.05) is 24.6 Å². The molecule has 1 aliphatic rings. The van der Waals surface area contributed by atoms with Crippen molar-refractivity contribution < 1.29 is 31.0 Å². The molecule has 0 atom stereocenters. The molecule has 102 valence electrons. The van der Waals surface area contributed by atoms with E-state index in [4.69, 9.17) is 29.0 Å². The molecular weight excluding hydrogens is 276 g/mol. The van der Waals surface area contributed by atoms with Gasteiger partial charge in [0.25, 0.3) is 0 Å². The maximum Gasteiger partial charge on any atom is 0.244 e. The van der Waals surface area contributed by atoms with Crippen LogP contribution >= 0.6 is 0 Å². The monoisotopic (exact) mass is 289 g/mol. The normalized spacial score (nSPS) is 19.9. The maximum absolute atomic E-state index is 11.0. The molecule has 17 heavy (non-hydrogen) atoms. The molecule has 1 rings (SSSR count). The number of rotatable bonds is 1. The molecule has 0 unspecified atom stereocenters. The summed E-state index contributed by atoms with van der Waals surface area (Å²) >= 11 is 0. The van der Waals surface area contributed by atoms with Gasteiger partial charge in [0.15, 0.2) is 9.84 Å². The van der Waals surface area contributed by atoms with Crippen LogP contribution < -0.4 is 16.5 Å². The lowest BCUT2D eigenvalue weighted by Crippen LogP contribution is -3.10. The Labute approximate surface area is 98.8 Å². The second-order valence-electron chi connectivity index (χ2n) is 3.16. The van der Waals surface area contributed by atoms with Gasteiger partial charge >= 0.3 is 0 Å². The highest BCUT2D eigenvalue weighted by molar-refractivity contribution is 7.91. The van der Waals surface area contributed by atoms with Crippen molar-refractivity contribution >= 4 is 26.2 Å². The second kappa shape index (κ2) is 6.11. The molecule has 0 aromatic carbocycles. The van der Waals surface area contributed by atoms with E-state index in [-0.39, 0.29) is 17.5 Å². The number of hydrogen-bond donors (Lipinski definition) is 3. The molecule has 1 aliphatic heterocycles. The van der Waals surface area contributed by atoms with Crippen LogP contribution in [-0.2, 0) is 20.2 Å². The molecule has 0 radical (unpaired) electrons. The highest BCUT2D eigenvalue weighted by Gasteiger charge is 2.24. The third kappa shape index (κ3) is 11.3. The fraction of sp³-hybridized carbons (Fsp3) is 0.800. The Balaban J connectivity index is 0.000000437. The average molecular weight is 289 g/mol. The zero-order valence-electron chi connectivity index (χ0n) is 8.70. The highest BCUT2D eigenvalue weighted by Crippen LogP contribution is 1.89. The van der Waals surface area contributed by atoms with Crippen molar-refractivity contribution in [3.63, 3.8) is 0 Å². The lowest BCUT2D eigenvalue weighted by molar-refractivity contribution is -0.903. The van der Waals surface area contributed by atoms with E-state index in [1.54, 1.807) is 0 Å². The molecule has 0 saturated carbocycles. The first-order valence-corrected chi connectivity index (χ1v) is 7.46. The van der Waals surface area contributed by atoms with Crippen molar-refractivity contribution in [1.82, 2.24) is 0 Å². The summed E-state index contributed by atoms with van der Waals surface area (Å²) in [6.45, 7) is 0.917. The Morgan fingerprint density at radius 3 is 1.82 bits per heavy atom. The summed E-state index contributed by atoms with van der Waals surface area (Å²) in [7, 11) is -7.99. The molecule has 0 aliphatic carbocycles. The Hall–Kier alpha value is -0.950. The van der Waals surface area contributed by atoms with Gasteiger partial charge in [0.2, 0.25) is 5.96 Å². The molecule has 0 spiro atoms. The predicted molar refractivity (Wildman–Crippen MR) is 55.6 cm³/mol. The smallest absolute Gasteiger partial charge is 0.244 e. The maximum atomic E-state index is 11.0. The lowest BCUT2D eigenvalue weighted by Gasteiger charge is -2.17. The fourth-order valence-corrected chi connectivity index (χ4v) is 2.37. The SMILES string of the molecule is NC(N)=N[NH+]1CCS(=O)(=O)CC1.O=S(=O)([O-])[O-]. The highest BCUT2D eigenvalue weighted by atomic mass is 32.3. The van der Waals surface area contributed by atoms with Crippen LogP contribution in [0.15, 0.2) is 5.10 Å². The minimum atomic E-state index is -5.17. The number of nitrogens with one attached hydrogen (secondary N) is 1. The Morgan fingerprint density at radius 1 is 1.18 bits per heavy atom. The van der Waals surface area contributed by atoms with E-state index in [0.717, 1.165) is 5.01 Å². The molecule has 0 bridgehead atoms. The van der Waals surface area contributed by atoms with Crippen molar-refractivity contribution in [2.45, 2.75) is 0 Å². The molecule has 0 aromatic rings.